The Morgan fingerprint density at radius 2 is 0.632 bits per heavy atom. The second-order valence-electron chi connectivity index (χ2n) is 18.5. The first-order chi connectivity index (χ1) is 33.6. The van der Waals surface area contributed by atoms with Gasteiger partial charge in [0.05, 0.1) is 22.1 Å². The zero-order valence-electron chi connectivity index (χ0n) is 37.8. The molecule has 0 bridgehead atoms. The molecule has 0 saturated heterocycles. The molecule has 14 rings (SSSR count). The Bertz CT molecular complexity index is 4110. The number of rotatable bonds is 5. The molecule has 68 heavy (non-hydrogen) atoms. The SMILES string of the molecule is Cc1cc(-n2c3cc(-c4cccc5ccccc45)ccc3c3c4ccccc4ccc32)ccc1-c1ccc(-n2c3cc(-c4cccc5ccccc45)ccc3c3c4ccccc4ccc32)cc1C. The second-order valence-corrected chi connectivity index (χ2v) is 18.5. The third-order valence-electron chi connectivity index (χ3n) is 14.7. The van der Waals surface area contributed by atoms with E-state index in [1.54, 1.807) is 0 Å². The van der Waals surface area contributed by atoms with Crippen molar-refractivity contribution in [3.8, 4) is 44.8 Å². The summed E-state index contributed by atoms with van der Waals surface area (Å²) in [5.74, 6) is 0. The fraction of sp³-hybridized carbons (Fsp3) is 0.0303. The molecule has 0 unspecified atom stereocenters. The molecule has 0 aliphatic heterocycles. The van der Waals surface area contributed by atoms with Crippen molar-refractivity contribution in [1.82, 2.24) is 9.13 Å². The monoisotopic (exact) mass is 864 g/mol. The summed E-state index contributed by atoms with van der Waals surface area (Å²) in [5, 5.41) is 15.2. The van der Waals surface area contributed by atoms with E-state index in [-0.39, 0.29) is 0 Å². The summed E-state index contributed by atoms with van der Waals surface area (Å²) in [6.45, 7) is 4.54. The first-order valence-corrected chi connectivity index (χ1v) is 23.7. The number of hydrogen-bond acceptors (Lipinski definition) is 0. The number of aryl methyl sites for hydroxylation is 2. The predicted octanol–water partition coefficient (Wildman–Crippen LogP) is 18.1. The van der Waals surface area contributed by atoms with Gasteiger partial charge in [-0.15, -0.1) is 0 Å². The Morgan fingerprint density at radius 3 is 1.06 bits per heavy atom. The predicted molar refractivity (Wildman–Crippen MR) is 291 cm³/mol. The molecule has 0 radical (unpaired) electrons. The van der Waals surface area contributed by atoms with Crippen LogP contribution in [-0.2, 0) is 0 Å². The lowest BCUT2D eigenvalue weighted by atomic mass is 9.95. The second kappa shape index (κ2) is 14.9. The van der Waals surface area contributed by atoms with Crippen LogP contribution in [0.1, 0.15) is 11.1 Å². The van der Waals surface area contributed by atoms with Crippen molar-refractivity contribution in [3.63, 3.8) is 0 Å². The number of benzene rings is 12. The minimum Gasteiger partial charge on any atom is -0.309 e. The topological polar surface area (TPSA) is 9.86 Å². The molecule has 2 heterocycles. The van der Waals surface area contributed by atoms with Gasteiger partial charge >= 0.3 is 0 Å². The Balaban J connectivity index is 0.920. The molecule has 0 N–H and O–H groups in total. The molecule has 0 aliphatic carbocycles. The van der Waals surface area contributed by atoms with Crippen molar-refractivity contribution >= 4 is 86.7 Å². The summed E-state index contributed by atoms with van der Waals surface area (Å²) in [6.07, 6.45) is 0. The number of hydrogen-bond donors (Lipinski definition) is 0. The van der Waals surface area contributed by atoms with Crippen LogP contribution in [-0.4, -0.2) is 9.13 Å². The zero-order chi connectivity index (χ0) is 45.0. The van der Waals surface area contributed by atoms with Gasteiger partial charge in [-0.25, -0.2) is 0 Å². The van der Waals surface area contributed by atoms with E-state index in [1.807, 2.05) is 0 Å². The third-order valence-corrected chi connectivity index (χ3v) is 14.7. The van der Waals surface area contributed by atoms with Crippen LogP contribution in [0.5, 0.6) is 0 Å². The summed E-state index contributed by atoms with van der Waals surface area (Å²) in [4.78, 5) is 0. The van der Waals surface area contributed by atoms with Gasteiger partial charge in [-0.05, 0) is 150 Å². The molecule has 12 aromatic carbocycles. The van der Waals surface area contributed by atoms with Gasteiger partial charge in [-0.2, -0.15) is 0 Å². The van der Waals surface area contributed by atoms with E-state index in [0.29, 0.717) is 0 Å². The van der Waals surface area contributed by atoms with Gasteiger partial charge in [-0.3, -0.25) is 0 Å². The zero-order valence-corrected chi connectivity index (χ0v) is 37.8. The van der Waals surface area contributed by atoms with Crippen LogP contribution in [0.2, 0.25) is 0 Å². The lowest BCUT2D eigenvalue weighted by Gasteiger charge is -2.16. The van der Waals surface area contributed by atoms with E-state index in [4.69, 9.17) is 0 Å². The Labute approximate surface area is 394 Å². The highest BCUT2D eigenvalue weighted by Gasteiger charge is 2.20. The molecule has 0 aliphatic rings. The maximum Gasteiger partial charge on any atom is 0.0547 e. The maximum absolute atomic E-state index is 2.48. The lowest BCUT2D eigenvalue weighted by Crippen LogP contribution is -1.98. The Hall–Kier alpha value is -8.72. The summed E-state index contributed by atoms with van der Waals surface area (Å²) < 4.78 is 4.97. The van der Waals surface area contributed by atoms with Gasteiger partial charge in [0.1, 0.15) is 0 Å². The summed E-state index contributed by atoms with van der Waals surface area (Å²) in [6, 6.07) is 85.6. The summed E-state index contributed by atoms with van der Waals surface area (Å²) >= 11 is 0. The van der Waals surface area contributed by atoms with E-state index < -0.39 is 0 Å². The van der Waals surface area contributed by atoms with Crippen LogP contribution in [0.4, 0.5) is 0 Å². The molecule has 0 atom stereocenters. The molecule has 0 spiro atoms. The largest absolute Gasteiger partial charge is 0.309 e. The maximum atomic E-state index is 2.48. The fourth-order valence-corrected chi connectivity index (χ4v) is 11.6. The third kappa shape index (κ3) is 5.77. The minimum atomic E-state index is 1.16. The van der Waals surface area contributed by atoms with Crippen molar-refractivity contribution in [2.24, 2.45) is 0 Å². The van der Waals surface area contributed by atoms with Gasteiger partial charge in [0.2, 0.25) is 0 Å². The van der Waals surface area contributed by atoms with Crippen molar-refractivity contribution in [2.75, 3.05) is 0 Å². The smallest absolute Gasteiger partial charge is 0.0547 e. The summed E-state index contributed by atoms with van der Waals surface area (Å²) in [7, 11) is 0. The van der Waals surface area contributed by atoms with Crippen molar-refractivity contribution in [1.29, 1.82) is 0 Å². The number of nitrogens with zero attached hydrogens (tertiary/aromatic N) is 2. The van der Waals surface area contributed by atoms with Crippen LogP contribution in [0.15, 0.2) is 231 Å². The summed E-state index contributed by atoms with van der Waals surface area (Å²) in [5.41, 5.74) is 17.0. The molecule has 2 heteroatoms. The van der Waals surface area contributed by atoms with E-state index in [2.05, 4.69) is 254 Å². The van der Waals surface area contributed by atoms with Gasteiger partial charge in [0.15, 0.2) is 0 Å². The fourth-order valence-electron chi connectivity index (χ4n) is 11.6. The normalized spacial score (nSPS) is 12.0. The van der Waals surface area contributed by atoms with Crippen LogP contribution < -0.4 is 0 Å². The average molecular weight is 865 g/mol. The van der Waals surface area contributed by atoms with Crippen LogP contribution in [0.3, 0.4) is 0 Å². The Morgan fingerprint density at radius 1 is 0.250 bits per heavy atom. The highest BCUT2D eigenvalue weighted by molar-refractivity contribution is 6.23. The molecular formula is C66H44N2. The van der Waals surface area contributed by atoms with Crippen LogP contribution in [0, 0.1) is 13.8 Å². The first-order valence-electron chi connectivity index (χ1n) is 23.7. The molecule has 0 saturated carbocycles. The van der Waals surface area contributed by atoms with Crippen LogP contribution in [0.25, 0.3) is 131 Å². The quantitative estimate of drug-likeness (QED) is 0.163. The van der Waals surface area contributed by atoms with Gasteiger partial charge in [-0.1, -0.05) is 182 Å². The van der Waals surface area contributed by atoms with E-state index in [9.17, 15) is 0 Å². The molecular weight excluding hydrogens is 821 g/mol. The first kappa shape index (κ1) is 38.5. The standard InChI is InChI=1S/C66H44N2/c1-41-37-49(67-61-35-27-45-15-5-9-21-57(45)65(61)59-31-25-47(39-63(59)67)55-23-11-17-43-13-3-7-19-53(43)55)29-33-51(41)52-34-30-50(38-42(52)2)68-62-36-28-46-16-6-10-22-58(46)66(62)60-32-26-48(40-64(60)68)56-24-12-18-44-14-4-8-20-54(44)56/h3-40H,1-2H3. The van der Waals surface area contributed by atoms with Gasteiger partial charge in [0, 0.05) is 32.9 Å². The molecule has 0 fully saturated rings. The molecule has 2 aromatic heterocycles. The molecule has 14 aromatic rings. The van der Waals surface area contributed by atoms with Crippen LogP contribution >= 0.6 is 0 Å². The van der Waals surface area contributed by atoms with Gasteiger partial charge in [0.25, 0.3) is 0 Å². The van der Waals surface area contributed by atoms with Crippen molar-refractivity contribution < 1.29 is 0 Å². The van der Waals surface area contributed by atoms with E-state index in [1.165, 1.54) is 131 Å². The van der Waals surface area contributed by atoms with E-state index >= 15 is 0 Å². The molecule has 2 nitrogen and oxygen atoms in total. The molecule has 0 amide bonds. The average Bonchev–Trinajstić information content (AvgIpc) is 3.91. The number of fused-ring (bicyclic) bond motifs is 12. The highest BCUT2D eigenvalue weighted by atomic mass is 15.0. The van der Waals surface area contributed by atoms with E-state index in [0.717, 1.165) is 11.4 Å². The molecule has 318 valence electrons. The van der Waals surface area contributed by atoms with Crippen molar-refractivity contribution in [3.05, 3.63) is 242 Å². The van der Waals surface area contributed by atoms with Gasteiger partial charge < -0.3 is 9.13 Å². The lowest BCUT2D eigenvalue weighted by molar-refractivity contribution is 1.16. The minimum absolute atomic E-state index is 1.16. The van der Waals surface area contributed by atoms with Crippen molar-refractivity contribution in [2.45, 2.75) is 13.8 Å². The number of aromatic nitrogens is 2. The Kier molecular flexibility index (Phi) is 8.45. The highest BCUT2D eigenvalue weighted by Crippen LogP contribution is 2.43.